The first-order chi connectivity index (χ1) is 7.81. The van der Waals surface area contributed by atoms with Crippen molar-refractivity contribution in [1.29, 1.82) is 0 Å². The highest BCUT2D eigenvalue weighted by Gasteiger charge is 2.20. The molecule has 0 heterocycles. The summed E-state index contributed by atoms with van der Waals surface area (Å²) >= 11 is 0. The van der Waals surface area contributed by atoms with Gasteiger partial charge >= 0.3 is 0 Å². The zero-order valence-corrected chi connectivity index (χ0v) is 9.03. The standard InChI is InChI=1S/C15H13N/c1-2-10-7-8-13-12-6-4-3-5-11(12)9-14(13)15(10)16/h2-8H,1,9,16H2. The normalized spacial score (nSPS) is 12.0. The maximum atomic E-state index is 6.15. The summed E-state index contributed by atoms with van der Waals surface area (Å²) < 4.78 is 0. The van der Waals surface area contributed by atoms with Crippen molar-refractivity contribution in [1.82, 2.24) is 0 Å². The lowest BCUT2D eigenvalue weighted by Crippen LogP contribution is -1.95. The number of rotatable bonds is 1. The highest BCUT2D eigenvalue weighted by molar-refractivity contribution is 5.84. The molecule has 16 heavy (non-hydrogen) atoms. The topological polar surface area (TPSA) is 26.0 Å². The molecule has 0 bridgehead atoms. The summed E-state index contributed by atoms with van der Waals surface area (Å²) in [6.07, 6.45) is 2.76. The van der Waals surface area contributed by atoms with E-state index in [2.05, 4.69) is 36.9 Å². The summed E-state index contributed by atoms with van der Waals surface area (Å²) in [6.45, 7) is 3.79. The summed E-state index contributed by atoms with van der Waals surface area (Å²) in [6, 6.07) is 12.7. The van der Waals surface area contributed by atoms with E-state index in [0.717, 1.165) is 17.7 Å². The molecule has 0 spiro atoms. The van der Waals surface area contributed by atoms with E-state index in [-0.39, 0.29) is 0 Å². The van der Waals surface area contributed by atoms with Crippen LogP contribution in [-0.2, 0) is 6.42 Å². The van der Waals surface area contributed by atoms with Crippen LogP contribution < -0.4 is 5.73 Å². The van der Waals surface area contributed by atoms with E-state index >= 15 is 0 Å². The number of benzene rings is 2. The highest BCUT2D eigenvalue weighted by atomic mass is 14.6. The van der Waals surface area contributed by atoms with Gasteiger partial charge in [-0.3, -0.25) is 0 Å². The second-order valence-electron chi connectivity index (χ2n) is 4.13. The third kappa shape index (κ3) is 1.12. The lowest BCUT2D eigenvalue weighted by molar-refractivity contribution is 1.26. The quantitative estimate of drug-likeness (QED) is 0.607. The highest BCUT2D eigenvalue weighted by Crippen LogP contribution is 2.40. The minimum absolute atomic E-state index is 0.878. The molecule has 78 valence electrons. The number of hydrogen-bond acceptors (Lipinski definition) is 1. The van der Waals surface area contributed by atoms with Crippen LogP contribution in [0.4, 0.5) is 5.69 Å². The van der Waals surface area contributed by atoms with Gasteiger partial charge in [-0.25, -0.2) is 0 Å². The fourth-order valence-corrected chi connectivity index (χ4v) is 2.43. The van der Waals surface area contributed by atoms with Crippen LogP contribution in [0.5, 0.6) is 0 Å². The van der Waals surface area contributed by atoms with Gasteiger partial charge in [0.1, 0.15) is 0 Å². The first kappa shape index (κ1) is 9.22. The second-order valence-corrected chi connectivity index (χ2v) is 4.13. The number of nitrogen functional groups attached to an aromatic ring is 1. The monoisotopic (exact) mass is 207 g/mol. The largest absolute Gasteiger partial charge is 0.398 e. The van der Waals surface area contributed by atoms with Crippen LogP contribution in [-0.4, -0.2) is 0 Å². The summed E-state index contributed by atoms with van der Waals surface area (Å²) in [5.41, 5.74) is 13.3. The van der Waals surface area contributed by atoms with E-state index in [1.54, 1.807) is 0 Å². The van der Waals surface area contributed by atoms with Crippen molar-refractivity contribution in [3.05, 3.63) is 59.7 Å². The molecule has 0 aromatic heterocycles. The summed E-state index contributed by atoms with van der Waals surface area (Å²) in [7, 11) is 0. The molecule has 1 aliphatic carbocycles. The van der Waals surface area contributed by atoms with E-state index in [4.69, 9.17) is 5.73 Å². The van der Waals surface area contributed by atoms with Gasteiger partial charge in [-0.05, 0) is 27.8 Å². The Labute approximate surface area is 95.2 Å². The second kappa shape index (κ2) is 3.24. The molecule has 0 radical (unpaired) electrons. The maximum Gasteiger partial charge on any atom is 0.0429 e. The molecule has 2 aromatic carbocycles. The predicted octanol–water partition coefficient (Wildman–Crippen LogP) is 3.48. The molecule has 0 atom stereocenters. The fourth-order valence-electron chi connectivity index (χ4n) is 2.43. The summed E-state index contributed by atoms with van der Waals surface area (Å²) in [4.78, 5) is 0. The molecule has 0 unspecified atom stereocenters. The molecular formula is C15H13N. The van der Waals surface area contributed by atoms with Gasteiger partial charge in [0.2, 0.25) is 0 Å². The molecule has 0 saturated carbocycles. The van der Waals surface area contributed by atoms with E-state index in [9.17, 15) is 0 Å². The number of hydrogen-bond donors (Lipinski definition) is 1. The van der Waals surface area contributed by atoms with E-state index in [1.807, 2.05) is 12.1 Å². The van der Waals surface area contributed by atoms with E-state index < -0.39 is 0 Å². The summed E-state index contributed by atoms with van der Waals surface area (Å²) in [5.74, 6) is 0. The fraction of sp³-hybridized carbons (Fsp3) is 0.0667. The molecule has 1 nitrogen and oxygen atoms in total. The lowest BCUT2D eigenvalue weighted by Gasteiger charge is -2.07. The Balaban J connectivity index is 2.28. The van der Waals surface area contributed by atoms with Gasteiger partial charge in [-0.1, -0.05) is 49.1 Å². The van der Waals surface area contributed by atoms with Crippen LogP contribution in [0.15, 0.2) is 43.0 Å². The van der Waals surface area contributed by atoms with Crippen molar-refractivity contribution in [2.45, 2.75) is 6.42 Å². The van der Waals surface area contributed by atoms with Crippen molar-refractivity contribution in [3.8, 4) is 11.1 Å². The molecular weight excluding hydrogens is 194 g/mol. The Hall–Kier alpha value is -2.02. The van der Waals surface area contributed by atoms with Crippen LogP contribution >= 0.6 is 0 Å². The number of fused-ring (bicyclic) bond motifs is 3. The lowest BCUT2D eigenvalue weighted by atomic mass is 10.0. The van der Waals surface area contributed by atoms with E-state index in [1.165, 1.54) is 22.3 Å². The van der Waals surface area contributed by atoms with Crippen molar-refractivity contribution in [3.63, 3.8) is 0 Å². The van der Waals surface area contributed by atoms with Gasteiger partial charge in [0, 0.05) is 12.1 Å². The molecule has 3 rings (SSSR count). The van der Waals surface area contributed by atoms with Crippen LogP contribution in [0.2, 0.25) is 0 Å². The molecule has 0 saturated heterocycles. The molecule has 0 amide bonds. The van der Waals surface area contributed by atoms with Gasteiger partial charge < -0.3 is 5.73 Å². The van der Waals surface area contributed by atoms with Crippen molar-refractivity contribution < 1.29 is 0 Å². The SMILES string of the molecule is C=Cc1ccc2c(c1N)Cc1ccccc1-2. The molecule has 0 aliphatic heterocycles. The zero-order chi connectivity index (χ0) is 11.1. The minimum atomic E-state index is 0.878. The van der Waals surface area contributed by atoms with Gasteiger partial charge in [0.25, 0.3) is 0 Å². The third-order valence-electron chi connectivity index (χ3n) is 3.29. The molecule has 0 fully saturated rings. The Kier molecular flexibility index (Phi) is 1.87. The van der Waals surface area contributed by atoms with Gasteiger partial charge in [0.05, 0.1) is 0 Å². The average molecular weight is 207 g/mol. The van der Waals surface area contributed by atoms with Gasteiger partial charge in [-0.2, -0.15) is 0 Å². The van der Waals surface area contributed by atoms with Crippen LogP contribution in [0, 0.1) is 0 Å². The molecule has 2 aromatic rings. The van der Waals surface area contributed by atoms with Gasteiger partial charge in [0.15, 0.2) is 0 Å². The molecule has 1 aliphatic rings. The van der Waals surface area contributed by atoms with Crippen LogP contribution in [0.3, 0.4) is 0 Å². The average Bonchev–Trinajstić information content (AvgIpc) is 2.69. The zero-order valence-electron chi connectivity index (χ0n) is 9.03. The van der Waals surface area contributed by atoms with Crippen molar-refractivity contribution in [2.24, 2.45) is 0 Å². The van der Waals surface area contributed by atoms with Crippen LogP contribution in [0.1, 0.15) is 16.7 Å². The Morgan fingerprint density at radius 2 is 1.88 bits per heavy atom. The maximum absolute atomic E-state index is 6.15. The first-order valence-electron chi connectivity index (χ1n) is 5.43. The van der Waals surface area contributed by atoms with E-state index in [0.29, 0.717) is 0 Å². The van der Waals surface area contributed by atoms with Crippen molar-refractivity contribution in [2.75, 3.05) is 5.73 Å². The summed E-state index contributed by atoms with van der Waals surface area (Å²) in [5, 5.41) is 0. The molecule has 2 N–H and O–H groups in total. The predicted molar refractivity (Wildman–Crippen MR) is 69.2 cm³/mol. The first-order valence-corrected chi connectivity index (χ1v) is 5.43. The van der Waals surface area contributed by atoms with Crippen LogP contribution in [0.25, 0.3) is 17.2 Å². The Morgan fingerprint density at radius 1 is 1.06 bits per heavy atom. The number of nitrogens with two attached hydrogens (primary N) is 1. The van der Waals surface area contributed by atoms with Crippen molar-refractivity contribution >= 4 is 11.8 Å². The Bertz CT molecular complexity index is 582. The number of anilines is 1. The smallest absolute Gasteiger partial charge is 0.0429 e. The van der Waals surface area contributed by atoms with Gasteiger partial charge in [-0.15, -0.1) is 0 Å². The third-order valence-corrected chi connectivity index (χ3v) is 3.29. The molecule has 1 heteroatoms. The Morgan fingerprint density at radius 3 is 2.69 bits per heavy atom. The minimum Gasteiger partial charge on any atom is -0.398 e.